The number of hydrogen-bond donors (Lipinski definition) is 1. The number of anilines is 1. The molecule has 3 rings (SSSR count). The summed E-state index contributed by atoms with van der Waals surface area (Å²) in [6.45, 7) is 1.62. The zero-order valence-electron chi connectivity index (χ0n) is 15.9. The van der Waals surface area contributed by atoms with Gasteiger partial charge in [0.2, 0.25) is 5.75 Å². The van der Waals surface area contributed by atoms with Gasteiger partial charge in [-0.1, -0.05) is 17.7 Å². The van der Waals surface area contributed by atoms with Crippen LogP contribution < -0.4 is 9.50 Å². The minimum absolute atomic E-state index is 0.00243. The smallest absolute Gasteiger partial charge is 0.413 e. The molecule has 0 radical (unpaired) electrons. The summed E-state index contributed by atoms with van der Waals surface area (Å²) in [5, 5.41) is 6.55. The third-order valence-corrected chi connectivity index (χ3v) is 5.25. The van der Waals surface area contributed by atoms with Gasteiger partial charge in [-0.3, -0.25) is 5.32 Å². The molecule has 0 aromatic carbocycles. The highest BCUT2D eigenvalue weighted by Gasteiger charge is 2.22. The minimum atomic E-state index is -4.06. The fraction of sp³-hybridized carbons (Fsp3) is 0.235. The van der Waals surface area contributed by atoms with Gasteiger partial charge in [0.1, 0.15) is 23.3 Å². The third-order valence-electron chi connectivity index (χ3n) is 3.81. The van der Waals surface area contributed by atoms with Gasteiger partial charge in [-0.15, -0.1) is 0 Å². The summed E-state index contributed by atoms with van der Waals surface area (Å²) in [5.41, 5.74) is 0.862. The van der Waals surface area contributed by atoms with E-state index < -0.39 is 28.1 Å². The Morgan fingerprint density at radius 1 is 1.30 bits per heavy atom. The molecule has 1 N–H and O–H groups in total. The van der Waals surface area contributed by atoms with Crippen LogP contribution in [0.4, 0.5) is 10.6 Å². The van der Waals surface area contributed by atoms with Gasteiger partial charge in [-0.05, 0) is 13.0 Å². The molecule has 0 saturated heterocycles. The molecule has 3 heterocycles. The predicted molar refractivity (Wildman–Crippen MR) is 106 cm³/mol. The van der Waals surface area contributed by atoms with Crippen LogP contribution in [0.15, 0.2) is 43.2 Å². The lowest BCUT2D eigenvalue weighted by Crippen LogP contribution is -2.19. The fourth-order valence-corrected chi connectivity index (χ4v) is 3.73. The number of aromatic nitrogens is 5. The molecule has 13 heteroatoms. The molecule has 0 bridgehead atoms. The van der Waals surface area contributed by atoms with Crippen LogP contribution in [0.1, 0.15) is 24.2 Å². The number of pyridine rings is 1. The maximum Gasteiger partial charge on any atom is 0.413 e. The minimum Gasteiger partial charge on any atom is -0.441 e. The predicted octanol–water partition coefficient (Wildman–Crippen LogP) is 2.48. The number of nitrogens with one attached hydrogen (secondary N) is 1. The standard InChI is InChI=1S/C17H17ClN6O5S/c1-11(13-4-3-5-21-15(13)18)28-17(25)23-16-14(8-22-24(16)2)29-30(26,27)9-12-6-19-10-20-7-12/h3-8,10-11H,9H2,1-2H3,(H,23,25). The maximum atomic E-state index is 12.3. The average Bonchev–Trinajstić information content (AvgIpc) is 3.01. The van der Waals surface area contributed by atoms with E-state index in [1.165, 1.54) is 36.6 Å². The van der Waals surface area contributed by atoms with E-state index in [0.29, 0.717) is 11.1 Å². The number of amides is 1. The van der Waals surface area contributed by atoms with Crippen molar-refractivity contribution in [2.75, 3.05) is 5.32 Å². The van der Waals surface area contributed by atoms with Crippen molar-refractivity contribution in [3.63, 3.8) is 0 Å². The molecule has 0 saturated carbocycles. The Balaban J connectivity index is 1.69. The van der Waals surface area contributed by atoms with Crippen LogP contribution in [0, 0.1) is 0 Å². The topological polar surface area (TPSA) is 138 Å². The van der Waals surface area contributed by atoms with Crippen LogP contribution in [0.5, 0.6) is 5.75 Å². The molecule has 158 valence electrons. The summed E-state index contributed by atoms with van der Waals surface area (Å²) < 4.78 is 36.3. The highest BCUT2D eigenvalue weighted by Crippen LogP contribution is 2.27. The summed E-state index contributed by atoms with van der Waals surface area (Å²) in [6, 6.07) is 3.33. The number of halogens is 1. The second kappa shape index (κ2) is 9.05. The van der Waals surface area contributed by atoms with E-state index in [1.807, 2.05) is 0 Å². The lowest BCUT2D eigenvalue weighted by molar-refractivity contribution is 0.121. The summed E-state index contributed by atoms with van der Waals surface area (Å²) in [6.07, 6.45) is 5.12. The number of nitrogens with zero attached hydrogens (tertiary/aromatic N) is 5. The van der Waals surface area contributed by atoms with Crippen LogP contribution in [0.25, 0.3) is 0 Å². The molecule has 1 amide bonds. The number of aryl methyl sites for hydroxylation is 1. The van der Waals surface area contributed by atoms with Gasteiger partial charge in [-0.2, -0.15) is 13.5 Å². The number of ether oxygens (including phenoxy) is 1. The first-order valence-corrected chi connectivity index (χ1v) is 10.5. The Hall–Kier alpha value is -3.25. The molecule has 3 aromatic rings. The van der Waals surface area contributed by atoms with Crippen LogP contribution in [-0.2, 0) is 27.7 Å². The second-order valence-electron chi connectivity index (χ2n) is 6.07. The van der Waals surface area contributed by atoms with E-state index in [1.54, 1.807) is 19.1 Å². The first kappa shape index (κ1) is 21.5. The fourth-order valence-electron chi connectivity index (χ4n) is 2.45. The third kappa shape index (κ3) is 5.42. The molecule has 11 nitrogen and oxygen atoms in total. The Labute approximate surface area is 177 Å². The van der Waals surface area contributed by atoms with E-state index in [-0.39, 0.29) is 16.7 Å². The number of carbonyl (C=O) groups is 1. The quantitative estimate of drug-likeness (QED) is 0.423. The number of hydrogen-bond acceptors (Lipinski definition) is 9. The lowest BCUT2D eigenvalue weighted by atomic mass is 10.2. The Kier molecular flexibility index (Phi) is 6.47. The Morgan fingerprint density at radius 2 is 2.03 bits per heavy atom. The summed E-state index contributed by atoms with van der Waals surface area (Å²) in [5.74, 6) is -0.626. The Bertz CT molecular complexity index is 1140. The van der Waals surface area contributed by atoms with Crippen molar-refractivity contribution in [2.24, 2.45) is 7.05 Å². The van der Waals surface area contributed by atoms with Crippen molar-refractivity contribution in [3.8, 4) is 5.75 Å². The number of carbonyl (C=O) groups excluding carboxylic acids is 1. The first-order chi connectivity index (χ1) is 14.2. The van der Waals surface area contributed by atoms with Gasteiger partial charge in [0.15, 0.2) is 5.82 Å². The highest BCUT2D eigenvalue weighted by atomic mass is 35.5. The molecule has 0 aliphatic heterocycles. The van der Waals surface area contributed by atoms with Crippen molar-refractivity contribution in [1.29, 1.82) is 0 Å². The highest BCUT2D eigenvalue weighted by molar-refractivity contribution is 7.86. The van der Waals surface area contributed by atoms with Crippen molar-refractivity contribution in [3.05, 3.63) is 59.5 Å². The molecule has 1 atom stereocenters. The second-order valence-corrected chi connectivity index (χ2v) is 8.00. The molecule has 0 spiro atoms. The zero-order valence-corrected chi connectivity index (χ0v) is 17.5. The number of rotatable bonds is 7. The van der Waals surface area contributed by atoms with Gasteiger partial charge in [0.25, 0.3) is 0 Å². The van der Waals surface area contributed by atoms with Crippen molar-refractivity contribution < 1.29 is 22.1 Å². The first-order valence-electron chi connectivity index (χ1n) is 8.51. The van der Waals surface area contributed by atoms with Gasteiger partial charge < -0.3 is 8.92 Å². The van der Waals surface area contributed by atoms with Gasteiger partial charge in [0, 0.05) is 36.8 Å². The van der Waals surface area contributed by atoms with Crippen LogP contribution in [-0.4, -0.2) is 39.2 Å². The molecule has 1 unspecified atom stereocenters. The Morgan fingerprint density at radius 3 is 2.73 bits per heavy atom. The monoisotopic (exact) mass is 452 g/mol. The molecular weight excluding hydrogens is 436 g/mol. The molecule has 0 aliphatic carbocycles. The average molecular weight is 453 g/mol. The summed E-state index contributed by atoms with van der Waals surface area (Å²) >= 11 is 6.00. The van der Waals surface area contributed by atoms with E-state index in [9.17, 15) is 13.2 Å². The molecular formula is C17H17ClN6O5S. The molecule has 30 heavy (non-hydrogen) atoms. The molecule has 0 aliphatic rings. The normalized spacial score (nSPS) is 12.2. The largest absolute Gasteiger partial charge is 0.441 e. The van der Waals surface area contributed by atoms with E-state index in [4.69, 9.17) is 20.5 Å². The van der Waals surface area contributed by atoms with Gasteiger partial charge in [-0.25, -0.2) is 24.4 Å². The lowest BCUT2D eigenvalue weighted by Gasteiger charge is -2.15. The van der Waals surface area contributed by atoms with Crippen molar-refractivity contribution in [2.45, 2.75) is 18.8 Å². The SMILES string of the molecule is CC(OC(=O)Nc1c(OS(=O)(=O)Cc2cncnc2)cnn1C)c1cccnc1Cl. The van der Waals surface area contributed by atoms with Gasteiger partial charge in [0.05, 0.1) is 6.20 Å². The molecule has 3 aromatic heterocycles. The van der Waals surface area contributed by atoms with Crippen molar-refractivity contribution >= 4 is 33.6 Å². The van der Waals surface area contributed by atoms with E-state index in [2.05, 4.69) is 25.4 Å². The summed E-state index contributed by atoms with van der Waals surface area (Å²) in [4.78, 5) is 23.8. The van der Waals surface area contributed by atoms with Crippen LogP contribution in [0.3, 0.4) is 0 Å². The van der Waals surface area contributed by atoms with Gasteiger partial charge >= 0.3 is 16.2 Å². The van der Waals surface area contributed by atoms with Crippen LogP contribution in [0.2, 0.25) is 5.15 Å². The van der Waals surface area contributed by atoms with E-state index in [0.717, 1.165) is 6.20 Å². The zero-order chi connectivity index (χ0) is 21.7. The van der Waals surface area contributed by atoms with E-state index >= 15 is 0 Å². The van der Waals surface area contributed by atoms with Crippen molar-refractivity contribution in [1.82, 2.24) is 24.7 Å². The van der Waals surface area contributed by atoms with Crippen LogP contribution >= 0.6 is 11.6 Å². The molecule has 0 fully saturated rings. The maximum absolute atomic E-state index is 12.3. The summed E-state index contributed by atoms with van der Waals surface area (Å²) in [7, 11) is -2.55.